The summed E-state index contributed by atoms with van der Waals surface area (Å²) in [6.45, 7) is 9.19. The van der Waals surface area contributed by atoms with Gasteiger partial charge in [0.15, 0.2) is 0 Å². The molecule has 6 heteroatoms. The lowest BCUT2D eigenvalue weighted by Gasteiger charge is -2.28. The first-order chi connectivity index (χ1) is 35.6. The quantitative estimate of drug-likeness (QED) is 0.0363. The molecule has 5 rings (SSSR count). The number of hydrogen-bond donors (Lipinski definition) is 0. The van der Waals surface area contributed by atoms with Gasteiger partial charge in [0.05, 0.1) is 11.4 Å². The molecule has 0 atom stereocenters. The van der Waals surface area contributed by atoms with Gasteiger partial charge in [-0.15, -0.1) is 0 Å². The molecular weight excluding hydrogens is 877 g/mol. The zero-order valence-corrected chi connectivity index (χ0v) is 46.4. The average Bonchev–Trinajstić information content (AvgIpc) is 3.40. The van der Waals surface area contributed by atoms with E-state index in [0.717, 1.165) is 60.3 Å². The maximum Gasteiger partial charge on any atom is 0.138 e. The van der Waals surface area contributed by atoms with Crippen LogP contribution in [0.25, 0.3) is 0 Å². The van der Waals surface area contributed by atoms with E-state index in [9.17, 15) is 0 Å². The summed E-state index contributed by atoms with van der Waals surface area (Å²) < 4.78 is 0. The van der Waals surface area contributed by atoms with Crippen LogP contribution >= 0.6 is 0 Å². The predicted octanol–water partition coefficient (Wildman–Crippen LogP) is 20.9. The molecule has 4 heterocycles. The zero-order chi connectivity index (χ0) is 50.5. The largest absolute Gasteiger partial charge is 0.279 e. The number of benzene rings is 1. The Hall–Kier alpha value is -4.58. The Balaban J connectivity index is 1.44. The molecule has 0 aliphatic rings. The molecule has 1 aromatic carbocycles. The summed E-state index contributed by atoms with van der Waals surface area (Å²) in [6.07, 6.45) is 54.4. The van der Waals surface area contributed by atoms with Gasteiger partial charge in [-0.05, 0) is 140 Å². The maximum absolute atomic E-state index is 5.11. The van der Waals surface area contributed by atoms with Gasteiger partial charge in [-0.3, -0.25) is 9.80 Å². The van der Waals surface area contributed by atoms with Crippen LogP contribution in [-0.4, -0.2) is 19.9 Å². The Bertz CT molecular complexity index is 1860. The van der Waals surface area contributed by atoms with E-state index in [0.29, 0.717) is 0 Å². The molecule has 72 heavy (non-hydrogen) atoms. The summed E-state index contributed by atoms with van der Waals surface area (Å²) >= 11 is 0. The zero-order valence-electron chi connectivity index (χ0n) is 46.4. The van der Waals surface area contributed by atoms with Crippen LogP contribution in [-0.2, 0) is 25.7 Å². The van der Waals surface area contributed by atoms with Crippen molar-refractivity contribution in [2.45, 2.75) is 259 Å². The Labute approximate surface area is 441 Å². The van der Waals surface area contributed by atoms with Crippen LogP contribution in [0.4, 0.5) is 34.6 Å². The Morgan fingerprint density at radius 2 is 0.486 bits per heavy atom. The minimum Gasteiger partial charge on any atom is -0.279 e. The van der Waals surface area contributed by atoms with Gasteiger partial charge in [0.25, 0.3) is 0 Å². The van der Waals surface area contributed by atoms with Crippen molar-refractivity contribution in [1.29, 1.82) is 0 Å². The van der Waals surface area contributed by atoms with Crippen LogP contribution in [0.5, 0.6) is 0 Å². The number of nitrogens with zero attached hydrogens (tertiary/aromatic N) is 6. The van der Waals surface area contributed by atoms with Crippen molar-refractivity contribution < 1.29 is 0 Å². The first-order valence-electron chi connectivity index (χ1n) is 30.1. The molecule has 0 unspecified atom stereocenters. The second-order valence-corrected chi connectivity index (χ2v) is 21.2. The second kappa shape index (κ2) is 37.2. The topological polar surface area (TPSA) is 58.0 Å². The summed E-state index contributed by atoms with van der Waals surface area (Å²) in [7, 11) is 0. The SMILES string of the molecule is CCCCCCCCCCc1ccnc(N(c2cccc(N(c3cc(CCCCCCCCCC)ccn3)c3cc(CCCCCCCCCC)ccn3)c2)c2cc(CCCCCCCCCC)ccn2)c1. The lowest BCUT2D eigenvalue weighted by atomic mass is 10.0. The van der Waals surface area contributed by atoms with Gasteiger partial charge < -0.3 is 0 Å². The molecule has 0 aliphatic carbocycles. The summed E-state index contributed by atoms with van der Waals surface area (Å²) in [5.74, 6) is 3.62. The van der Waals surface area contributed by atoms with Gasteiger partial charge in [0, 0.05) is 24.8 Å². The van der Waals surface area contributed by atoms with Crippen molar-refractivity contribution >= 4 is 34.6 Å². The van der Waals surface area contributed by atoms with Gasteiger partial charge in [-0.2, -0.15) is 0 Å². The van der Waals surface area contributed by atoms with Gasteiger partial charge in [-0.1, -0.05) is 214 Å². The molecule has 0 amide bonds. The molecule has 0 saturated heterocycles. The molecule has 5 aromatic rings. The standard InChI is InChI=1S/C66H100N6/c1-5-9-13-17-21-25-29-33-38-57-44-48-67-63(52-57)71(64-53-58(45-49-68-64)39-34-30-26-22-18-14-10-6-2)61-42-37-43-62(56-61)72(65-54-59(46-50-69-65)40-35-31-27-23-19-15-11-7-3)66-55-60(47-51-70-66)41-36-32-28-24-20-16-12-8-4/h37,42-56H,5-36,38-41H2,1-4H3. The van der Waals surface area contributed by atoms with Gasteiger partial charge in [0.2, 0.25) is 0 Å². The highest BCUT2D eigenvalue weighted by molar-refractivity contribution is 5.80. The third-order valence-electron chi connectivity index (χ3n) is 14.8. The monoisotopic (exact) mass is 977 g/mol. The minimum atomic E-state index is 0.906. The lowest BCUT2D eigenvalue weighted by molar-refractivity contribution is 0.575. The fourth-order valence-electron chi connectivity index (χ4n) is 10.3. The average molecular weight is 978 g/mol. The van der Waals surface area contributed by atoms with Crippen molar-refractivity contribution in [3.63, 3.8) is 0 Å². The Kier molecular flexibility index (Phi) is 30.1. The second-order valence-electron chi connectivity index (χ2n) is 21.2. The van der Waals surface area contributed by atoms with Crippen LogP contribution in [0.3, 0.4) is 0 Å². The molecule has 4 aromatic heterocycles. The summed E-state index contributed by atoms with van der Waals surface area (Å²) in [5, 5.41) is 0. The summed E-state index contributed by atoms with van der Waals surface area (Å²) in [6, 6.07) is 27.0. The van der Waals surface area contributed by atoms with Crippen LogP contribution in [0.1, 0.15) is 255 Å². The highest BCUT2D eigenvalue weighted by atomic mass is 15.3. The summed E-state index contributed by atoms with van der Waals surface area (Å²) in [5.41, 5.74) is 7.38. The number of hydrogen-bond acceptors (Lipinski definition) is 6. The highest BCUT2D eigenvalue weighted by Crippen LogP contribution is 2.39. The first-order valence-corrected chi connectivity index (χ1v) is 30.1. The van der Waals surface area contributed by atoms with Gasteiger partial charge in [0.1, 0.15) is 23.3 Å². The Morgan fingerprint density at radius 3 is 0.722 bits per heavy atom. The minimum absolute atomic E-state index is 0.906. The molecule has 6 nitrogen and oxygen atoms in total. The van der Waals surface area contributed by atoms with Crippen molar-refractivity contribution in [2.24, 2.45) is 0 Å². The number of anilines is 6. The van der Waals surface area contributed by atoms with Crippen molar-refractivity contribution in [1.82, 2.24) is 19.9 Å². The first kappa shape index (κ1) is 58.3. The number of aromatic nitrogens is 4. The smallest absolute Gasteiger partial charge is 0.138 e. The fraction of sp³-hybridized carbons (Fsp3) is 0.606. The number of aryl methyl sites for hydroxylation is 4. The van der Waals surface area contributed by atoms with Crippen LogP contribution < -0.4 is 9.80 Å². The van der Waals surface area contributed by atoms with E-state index in [1.807, 2.05) is 24.8 Å². The fourth-order valence-corrected chi connectivity index (χ4v) is 10.3. The van der Waals surface area contributed by atoms with Crippen LogP contribution in [0.2, 0.25) is 0 Å². The molecule has 0 aliphatic heterocycles. The normalized spacial score (nSPS) is 11.4. The number of rotatable bonds is 42. The maximum atomic E-state index is 5.11. The Morgan fingerprint density at radius 1 is 0.264 bits per heavy atom. The van der Waals surface area contributed by atoms with E-state index >= 15 is 0 Å². The van der Waals surface area contributed by atoms with E-state index in [-0.39, 0.29) is 0 Å². The number of unbranched alkanes of at least 4 members (excludes halogenated alkanes) is 28. The molecule has 0 bridgehead atoms. The summed E-state index contributed by atoms with van der Waals surface area (Å²) in [4.78, 5) is 25.0. The van der Waals surface area contributed by atoms with Gasteiger partial charge >= 0.3 is 0 Å². The molecule has 0 radical (unpaired) electrons. The van der Waals surface area contributed by atoms with E-state index in [4.69, 9.17) is 19.9 Å². The lowest BCUT2D eigenvalue weighted by Crippen LogP contribution is -2.16. The molecular formula is C66H100N6. The number of pyridine rings is 4. The van der Waals surface area contributed by atoms with E-state index in [2.05, 4.69) is 110 Å². The molecule has 0 fully saturated rings. The van der Waals surface area contributed by atoms with Crippen LogP contribution in [0, 0.1) is 0 Å². The molecule has 394 valence electrons. The molecule has 0 spiro atoms. The van der Waals surface area contributed by atoms with E-state index in [1.54, 1.807) is 0 Å². The van der Waals surface area contributed by atoms with Crippen molar-refractivity contribution in [3.05, 3.63) is 120 Å². The van der Waals surface area contributed by atoms with E-state index in [1.165, 1.54) is 228 Å². The molecule has 0 N–H and O–H groups in total. The van der Waals surface area contributed by atoms with E-state index < -0.39 is 0 Å². The third-order valence-corrected chi connectivity index (χ3v) is 14.8. The van der Waals surface area contributed by atoms with Crippen molar-refractivity contribution in [2.75, 3.05) is 9.80 Å². The molecule has 0 saturated carbocycles. The van der Waals surface area contributed by atoms with Crippen molar-refractivity contribution in [3.8, 4) is 0 Å². The predicted molar refractivity (Wildman–Crippen MR) is 312 cm³/mol. The highest BCUT2D eigenvalue weighted by Gasteiger charge is 2.21. The van der Waals surface area contributed by atoms with Crippen LogP contribution in [0.15, 0.2) is 97.6 Å². The third kappa shape index (κ3) is 22.7. The van der Waals surface area contributed by atoms with Gasteiger partial charge in [-0.25, -0.2) is 19.9 Å².